The van der Waals surface area contributed by atoms with Crippen molar-refractivity contribution in [3.05, 3.63) is 52.3 Å². The lowest BCUT2D eigenvalue weighted by atomic mass is 10.0. The molecule has 0 spiro atoms. The average molecular weight is 295 g/mol. The minimum Gasteiger partial charge on any atom is -0.494 e. The zero-order valence-corrected chi connectivity index (χ0v) is 11.2. The number of rotatable bonds is 2. The summed E-state index contributed by atoms with van der Waals surface area (Å²) in [5, 5.41) is 0. The molecule has 2 aromatic carbocycles. The van der Waals surface area contributed by atoms with E-state index in [0.29, 0.717) is 5.56 Å². The lowest BCUT2D eigenvalue weighted by Gasteiger charge is -2.10. The molecule has 0 aliphatic rings. The molecule has 0 bridgehead atoms. The average Bonchev–Trinajstić information content (AvgIpc) is 2.29. The van der Waals surface area contributed by atoms with Gasteiger partial charge in [0.05, 0.1) is 7.11 Å². The second-order valence-corrected chi connectivity index (χ2v) is 4.66. The summed E-state index contributed by atoms with van der Waals surface area (Å²) < 4.78 is 19.9. The molecule has 3 heteroatoms. The molecule has 0 saturated heterocycles. The highest BCUT2D eigenvalue weighted by atomic mass is 79.9. The van der Waals surface area contributed by atoms with E-state index in [9.17, 15) is 4.39 Å². The normalized spacial score (nSPS) is 10.4. The van der Waals surface area contributed by atoms with E-state index in [1.54, 1.807) is 12.1 Å². The molecule has 2 rings (SSSR count). The molecule has 1 nitrogen and oxygen atoms in total. The SMILES string of the molecule is COc1ccc(Br)c(-c2cccc(C)c2)c1F. The van der Waals surface area contributed by atoms with Crippen molar-refractivity contribution in [3.8, 4) is 16.9 Å². The number of benzene rings is 2. The van der Waals surface area contributed by atoms with Gasteiger partial charge in [0, 0.05) is 10.0 Å². The highest BCUT2D eigenvalue weighted by Crippen LogP contribution is 2.35. The maximum absolute atomic E-state index is 14.2. The number of aryl methyl sites for hydroxylation is 1. The van der Waals surface area contributed by atoms with Crippen molar-refractivity contribution in [1.82, 2.24) is 0 Å². The van der Waals surface area contributed by atoms with E-state index < -0.39 is 0 Å². The largest absolute Gasteiger partial charge is 0.494 e. The van der Waals surface area contributed by atoms with Crippen LogP contribution in [0.5, 0.6) is 5.75 Å². The minimum absolute atomic E-state index is 0.254. The topological polar surface area (TPSA) is 9.23 Å². The predicted octanol–water partition coefficient (Wildman–Crippen LogP) is 4.57. The highest BCUT2D eigenvalue weighted by Gasteiger charge is 2.14. The van der Waals surface area contributed by atoms with Crippen LogP contribution in [0.3, 0.4) is 0 Å². The first-order chi connectivity index (χ1) is 8.13. The Balaban J connectivity index is 2.66. The van der Waals surface area contributed by atoms with Crippen molar-refractivity contribution in [2.75, 3.05) is 7.11 Å². The lowest BCUT2D eigenvalue weighted by Crippen LogP contribution is -1.93. The van der Waals surface area contributed by atoms with Crippen LogP contribution < -0.4 is 4.74 Å². The van der Waals surface area contributed by atoms with Crippen LogP contribution >= 0.6 is 15.9 Å². The fourth-order valence-corrected chi connectivity index (χ4v) is 2.29. The van der Waals surface area contributed by atoms with Gasteiger partial charge in [-0.1, -0.05) is 45.8 Å². The summed E-state index contributed by atoms with van der Waals surface area (Å²) in [6.45, 7) is 1.98. The lowest BCUT2D eigenvalue weighted by molar-refractivity contribution is 0.387. The number of hydrogen-bond donors (Lipinski definition) is 0. The Hall–Kier alpha value is -1.35. The monoisotopic (exact) mass is 294 g/mol. The summed E-state index contributed by atoms with van der Waals surface area (Å²) >= 11 is 3.38. The zero-order chi connectivity index (χ0) is 12.4. The maximum atomic E-state index is 14.2. The third-order valence-corrected chi connectivity index (χ3v) is 3.24. The Bertz CT molecular complexity index is 552. The van der Waals surface area contributed by atoms with Crippen molar-refractivity contribution in [1.29, 1.82) is 0 Å². The van der Waals surface area contributed by atoms with Gasteiger partial charge in [-0.15, -0.1) is 0 Å². The van der Waals surface area contributed by atoms with Gasteiger partial charge in [-0.25, -0.2) is 4.39 Å². The first-order valence-corrected chi connectivity index (χ1v) is 6.02. The first-order valence-electron chi connectivity index (χ1n) is 5.22. The van der Waals surface area contributed by atoms with Crippen LogP contribution in [0, 0.1) is 12.7 Å². The molecule has 88 valence electrons. The molecular weight excluding hydrogens is 283 g/mol. The van der Waals surface area contributed by atoms with E-state index in [-0.39, 0.29) is 11.6 Å². The van der Waals surface area contributed by atoms with Gasteiger partial charge in [0.2, 0.25) is 0 Å². The first kappa shape index (κ1) is 12.1. The summed E-state index contributed by atoms with van der Waals surface area (Å²) in [6.07, 6.45) is 0. The Morgan fingerprint density at radius 3 is 2.59 bits per heavy atom. The van der Waals surface area contributed by atoms with Crippen LogP contribution in [0.25, 0.3) is 11.1 Å². The van der Waals surface area contributed by atoms with E-state index in [4.69, 9.17) is 4.74 Å². The van der Waals surface area contributed by atoms with Gasteiger partial charge < -0.3 is 4.74 Å². The van der Waals surface area contributed by atoms with Crippen molar-refractivity contribution < 1.29 is 9.13 Å². The molecule has 0 radical (unpaired) electrons. The summed E-state index contributed by atoms with van der Waals surface area (Å²) in [5.74, 6) is -0.0859. The third kappa shape index (κ3) is 2.34. The van der Waals surface area contributed by atoms with Gasteiger partial charge in [-0.3, -0.25) is 0 Å². The van der Waals surface area contributed by atoms with E-state index in [2.05, 4.69) is 15.9 Å². The standard InChI is InChI=1S/C14H12BrFO/c1-9-4-3-5-10(8-9)13-11(15)6-7-12(17-2)14(13)16/h3-8H,1-2H3. The number of hydrogen-bond acceptors (Lipinski definition) is 1. The Kier molecular flexibility index (Phi) is 3.48. The second-order valence-electron chi connectivity index (χ2n) is 3.81. The van der Waals surface area contributed by atoms with E-state index in [0.717, 1.165) is 15.6 Å². The quantitative estimate of drug-likeness (QED) is 0.788. The number of ether oxygens (including phenoxy) is 1. The second kappa shape index (κ2) is 4.88. The Morgan fingerprint density at radius 2 is 1.94 bits per heavy atom. The fourth-order valence-electron chi connectivity index (χ4n) is 1.76. The van der Waals surface area contributed by atoms with Crippen LogP contribution in [0.4, 0.5) is 4.39 Å². The van der Waals surface area contributed by atoms with Gasteiger partial charge in [0.15, 0.2) is 11.6 Å². The number of methoxy groups -OCH3 is 1. The van der Waals surface area contributed by atoms with E-state index >= 15 is 0 Å². The molecule has 0 amide bonds. The molecule has 0 aliphatic carbocycles. The van der Waals surface area contributed by atoms with Crippen molar-refractivity contribution in [2.45, 2.75) is 6.92 Å². The van der Waals surface area contributed by atoms with Crippen molar-refractivity contribution in [2.24, 2.45) is 0 Å². The molecule has 0 atom stereocenters. The zero-order valence-electron chi connectivity index (χ0n) is 9.63. The van der Waals surface area contributed by atoms with Crippen LogP contribution in [0.1, 0.15) is 5.56 Å². The molecule has 0 unspecified atom stereocenters. The highest BCUT2D eigenvalue weighted by molar-refractivity contribution is 9.10. The van der Waals surface area contributed by atoms with Crippen molar-refractivity contribution >= 4 is 15.9 Å². The van der Waals surface area contributed by atoms with Gasteiger partial charge in [0.1, 0.15) is 0 Å². The summed E-state index contributed by atoms with van der Waals surface area (Å²) in [7, 11) is 1.46. The molecule has 0 heterocycles. The predicted molar refractivity (Wildman–Crippen MR) is 70.8 cm³/mol. The summed E-state index contributed by atoms with van der Waals surface area (Å²) in [6, 6.07) is 11.1. The van der Waals surface area contributed by atoms with Crippen LogP contribution in [0.15, 0.2) is 40.9 Å². The fraction of sp³-hybridized carbons (Fsp3) is 0.143. The Morgan fingerprint density at radius 1 is 1.18 bits per heavy atom. The molecule has 0 saturated carbocycles. The molecule has 0 aliphatic heterocycles. The van der Waals surface area contributed by atoms with Gasteiger partial charge in [-0.2, -0.15) is 0 Å². The van der Waals surface area contributed by atoms with Crippen LogP contribution in [-0.4, -0.2) is 7.11 Å². The van der Waals surface area contributed by atoms with E-state index in [1.165, 1.54) is 7.11 Å². The minimum atomic E-state index is -0.340. The van der Waals surface area contributed by atoms with Crippen molar-refractivity contribution in [3.63, 3.8) is 0 Å². The van der Waals surface area contributed by atoms with Crippen LogP contribution in [0.2, 0.25) is 0 Å². The molecule has 0 N–H and O–H groups in total. The summed E-state index contributed by atoms with van der Waals surface area (Å²) in [5.41, 5.74) is 2.47. The van der Waals surface area contributed by atoms with Crippen LogP contribution in [-0.2, 0) is 0 Å². The smallest absolute Gasteiger partial charge is 0.173 e. The molecular formula is C14H12BrFO. The molecule has 2 aromatic rings. The molecule has 17 heavy (non-hydrogen) atoms. The molecule has 0 fully saturated rings. The maximum Gasteiger partial charge on any atom is 0.173 e. The Labute approximate surface area is 108 Å². The molecule has 0 aromatic heterocycles. The third-order valence-electron chi connectivity index (χ3n) is 2.58. The number of halogens is 2. The van der Waals surface area contributed by atoms with Gasteiger partial charge >= 0.3 is 0 Å². The van der Waals surface area contributed by atoms with Gasteiger partial charge in [-0.05, 0) is 24.6 Å². The van der Waals surface area contributed by atoms with Gasteiger partial charge in [0.25, 0.3) is 0 Å². The van der Waals surface area contributed by atoms with E-state index in [1.807, 2.05) is 31.2 Å². The summed E-state index contributed by atoms with van der Waals surface area (Å²) in [4.78, 5) is 0.